The number of halogens is 3. The summed E-state index contributed by atoms with van der Waals surface area (Å²) < 4.78 is 43.1. The number of aliphatic hydroxyl groups is 2. The normalized spacial score (nSPS) is 15.5. The van der Waals surface area contributed by atoms with Gasteiger partial charge in [-0.2, -0.15) is 9.97 Å². The van der Waals surface area contributed by atoms with Gasteiger partial charge < -0.3 is 94.9 Å². The Bertz CT molecular complexity index is 5300. The molecule has 3 amide bonds. The molecule has 3 saturated carbocycles. The second kappa shape index (κ2) is 36.6. The van der Waals surface area contributed by atoms with Crippen LogP contribution >= 0.6 is 34.8 Å². The minimum atomic E-state index is -0.205. The van der Waals surface area contributed by atoms with Gasteiger partial charge in [0.15, 0.2) is 51.3 Å². The highest BCUT2D eigenvalue weighted by Gasteiger charge is 2.30. The largest absolute Gasteiger partial charge is 0.493 e. The Balaban J connectivity index is 0.000000136. The number of nitrogens with one attached hydrogen (secondary N) is 6. The number of benzene rings is 3. The van der Waals surface area contributed by atoms with Crippen molar-refractivity contribution in [3.63, 3.8) is 0 Å². The van der Waals surface area contributed by atoms with Gasteiger partial charge in [0.1, 0.15) is 53.0 Å². The van der Waals surface area contributed by atoms with E-state index < -0.39 is 0 Å². The number of ether oxygens (including phenoxy) is 6. The summed E-state index contributed by atoms with van der Waals surface area (Å²) in [7, 11) is 9.18. The summed E-state index contributed by atoms with van der Waals surface area (Å²) in [6.45, 7) is 4.24. The maximum absolute atomic E-state index is 13.0. The smallest absolute Gasteiger partial charge is 0.255 e. The van der Waals surface area contributed by atoms with Gasteiger partial charge in [0.2, 0.25) is 16.5 Å². The van der Waals surface area contributed by atoms with E-state index in [-0.39, 0.29) is 40.9 Å². The van der Waals surface area contributed by atoms with Crippen molar-refractivity contribution in [1.29, 1.82) is 0 Å². The van der Waals surface area contributed by atoms with Gasteiger partial charge in [0.25, 0.3) is 17.7 Å². The van der Waals surface area contributed by atoms with Gasteiger partial charge in [-0.05, 0) is 166 Å². The van der Waals surface area contributed by atoms with E-state index >= 15 is 0 Å². The monoisotopic (exact) mass is 1600 g/mol. The van der Waals surface area contributed by atoms with Gasteiger partial charge in [0.05, 0.1) is 114 Å². The molecule has 17 rings (SSSR count). The topological polar surface area (TPSA) is 393 Å². The number of carbonyl (C=O) groups is 3. The average Bonchev–Trinajstić information content (AvgIpc) is 1.73. The van der Waals surface area contributed by atoms with Gasteiger partial charge in [-0.3, -0.25) is 14.4 Å². The average molecular weight is 1610 g/mol. The number of nitrogens with zero attached hydrogens (tertiary/aromatic N) is 16. The number of hydrogen-bond acceptors (Lipinski definition) is 25. The summed E-state index contributed by atoms with van der Waals surface area (Å²) >= 11 is 17.3. The highest BCUT2D eigenvalue weighted by Crippen LogP contribution is 2.39. The number of anilines is 6. The van der Waals surface area contributed by atoms with E-state index in [1.165, 1.54) is 54.8 Å². The third-order valence-electron chi connectivity index (χ3n) is 19.3. The molecule has 5 aliphatic rings. The van der Waals surface area contributed by atoms with Crippen LogP contribution in [0.15, 0.2) is 129 Å². The zero-order chi connectivity index (χ0) is 79.2. The molecule has 113 heavy (non-hydrogen) atoms. The number of amides is 3. The molecule has 0 spiro atoms. The van der Waals surface area contributed by atoms with E-state index in [0.29, 0.717) is 153 Å². The van der Waals surface area contributed by atoms with Gasteiger partial charge in [-0.15, -0.1) is 15.3 Å². The summed E-state index contributed by atoms with van der Waals surface area (Å²) in [4.78, 5) is 66.2. The molecule has 12 aromatic rings. The molecule has 9 aromatic heterocycles. The molecule has 0 unspecified atom stereocenters. The summed E-state index contributed by atoms with van der Waals surface area (Å²) in [6, 6.07) is 22.2. The van der Waals surface area contributed by atoms with Crippen molar-refractivity contribution in [3.8, 4) is 51.6 Å². The third-order valence-corrected chi connectivity index (χ3v) is 19.9. The summed E-state index contributed by atoms with van der Waals surface area (Å²) in [5.74, 6) is 6.91. The molecule has 3 aliphatic carbocycles. The van der Waals surface area contributed by atoms with E-state index in [9.17, 15) is 19.5 Å². The zero-order valence-corrected chi connectivity index (χ0v) is 65.2. The lowest BCUT2D eigenvalue weighted by Gasteiger charge is -2.23. The van der Waals surface area contributed by atoms with Crippen LogP contribution in [-0.2, 0) is 0 Å². The summed E-state index contributed by atoms with van der Waals surface area (Å²) in [5, 5.41) is 50.2. The SMILES string of the molecule is COc1cc(-n2cnc(N)c2)cc(C(=O)NCC2CC2)c1OC.COc1cc(-n2cnc(Nc3nc(Cl)nn4cccc34)c2)cc(C(=O)NCC2CC2)c1OC.COc1cc(-n2cnc(Nc3nc(N4CCC[C@H]4CO)nn4cccc34)c2)cc(C(=O)NCC2CC2)c1OC.Clc1nc(Cl)c2cccn2n1.OC[C@@H]1CCCN1. The number of nitrogens with two attached hydrogens (primary N) is 1. The Morgan fingerprint density at radius 1 is 0.513 bits per heavy atom. The van der Waals surface area contributed by atoms with Gasteiger partial charge in [-0.1, -0.05) is 11.6 Å². The number of nitrogen functional groups attached to an aromatic ring is 1. The molecule has 2 aliphatic heterocycles. The van der Waals surface area contributed by atoms with Crippen LogP contribution in [0, 0.1) is 17.8 Å². The molecule has 2 saturated heterocycles. The van der Waals surface area contributed by atoms with Crippen molar-refractivity contribution in [3.05, 3.63) is 161 Å². The second-order valence-electron chi connectivity index (χ2n) is 27.3. The second-order valence-corrected chi connectivity index (χ2v) is 28.3. The van der Waals surface area contributed by atoms with E-state index in [2.05, 4.69) is 72.1 Å². The summed E-state index contributed by atoms with van der Waals surface area (Å²) in [6.07, 6.45) is 26.8. The Kier molecular flexibility index (Phi) is 25.7. The first-order chi connectivity index (χ1) is 54.9. The number of carbonyl (C=O) groups excluding carboxylic acids is 3. The number of hydrogen-bond donors (Lipinski definition) is 9. The maximum Gasteiger partial charge on any atom is 0.255 e. The molecule has 34 nitrogen and oxygen atoms in total. The molecular weight excluding hydrogens is 1520 g/mol. The lowest BCUT2D eigenvalue weighted by atomic mass is 10.1. The van der Waals surface area contributed by atoms with E-state index in [0.717, 1.165) is 80.3 Å². The van der Waals surface area contributed by atoms with Crippen molar-refractivity contribution >= 4 is 104 Å². The molecular formula is C76H88Cl3N23O11. The van der Waals surface area contributed by atoms with Crippen LogP contribution in [-0.4, -0.2) is 201 Å². The molecule has 11 heterocycles. The highest BCUT2D eigenvalue weighted by atomic mass is 35.5. The minimum Gasteiger partial charge on any atom is -0.493 e. The standard InChI is InChI=1S/C27H32N8O4.C22H22ClN7O3.C16H20N4O3.C6H3Cl2N3.C5H11NO/c1-38-22-12-19(11-20(24(22)39-2)26(37)28-13-17-7-8-17)33-14-23(29-16-33)30-25-21-6-4-10-35(21)32-27(31-25)34-9-3-5-18(34)15-36;1-32-17-9-14(8-15(19(17)33-2)21(31)24-10-13-5-6-13)29-11-18(25-12-29)26-20-16-4-3-7-30(16)28-22(23)27-20;1-22-13-6-11(20-8-14(17)19-9-20)5-12(15(13)23-2)16(21)18-7-10-3-4-10;7-5-4-2-1-3-11(4)10-6(8)9-5;7-4-5-2-1-3-6-5/h4,6,10-12,14,16-18,36H,3,5,7-9,13,15H2,1-2H3,(H,28,37)(H,30,31,32);3-4,7-9,11-13H,5-6,10H2,1-2H3,(H,24,31)(H,26,27,28);5-6,8-10H,3-4,7,17H2,1-2H3,(H,18,21);1-3H;5-7H,1-4H2/t18-;;;;5-/m0...0/s1. The molecule has 3 aromatic carbocycles. The van der Waals surface area contributed by atoms with Crippen molar-refractivity contribution in [2.75, 3.05) is 110 Å². The first kappa shape index (κ1) is 79.4. The predicted molar refractivity (Wildman–Crippen MR) is 426 cm³/mol. The lowest BCUT2D eigenvalue weighted by Crippen LogP contribution is -2.34. The van der Waals surface area contributed by atoms with Crippen LogP contribution in [0.3, 0.4) is 0 Å². The molecule has 0 bridgehead atoms. The Morgan fingerprint density at radius 2 is 0.947 bits per heavy atom. The van der Waals surface area contributed by atoms with Crippen molar-refractivity contribution in [2.24, 2.45) is 17.8 Å². The molecule has 5 fully saturated rings. The minimum absolute atomic E-state index is 0.00537. The van der Waals surface area contributed by atoms with Gasteiger partial charge in [-0.25, -0.2) is 33.5 Å². The number of imidazole rings is 3. The zero-order valence-electron chi connectivity index (χ0n) is 63.0. The third kappa shape index (κ3) is 19.6. The first-order valence-electron chi connectivity index (χ1n) is 36.8. The van der Waals surface area contributed by atoms with Crippen LogP contribution < -0.4 is 71.0 Å². The molecule has 10 N–H and O–H groups in total. The number of aromatic nitrogens is 15. The fourth-order valence-electron chi connectivity index (χ4n) is 12.8. The Hall–Kier alpha value is -11.7. The number of rotatable bonds is 25. The molecule has 594 valence electrons. The lowest BCUT2D eigenvalue weighted by molar-refractivity contribution is 0.0940. The van der Waals surface area contributed by atoms with Crippen LogP contribution in [0.4, 0.5) is 35.0 Å². The molecule has 0 radical (unpaired) electrons. The fourth-order valence-corrected chi connectivity index (χ4v) is 13.4. The van der Waals surface area contributed by atoms with Crippen LogP contribution in [0.25, 0.3) is 33.6 Å². The van der Waals surface area contributed by atoms with Crippen molar-refractivity contribution < 1.29 is 53.0 Å². The fraction of sp³-hybridized carbons (Fsp3) is 0.368. The Labute approximate surface area is 664 Å². The highest BCUT2D eigenvalue weighted by molar-refractivity contribution is 6.34. The van der Waals surface area contributed by atoms with E-state index in [1.807, 2.05) is 58.3 Å². The quantitative estimate of drug-likeness (QED) is 0.0257. The van der Waals surface area contributed by atoms with Crippen LogP contribution in [0.1, 0.15) is 95.3 Å². The van der Waals surface area contributed by atoms with E-state index in [1.54, 1.807) is 110 Å². The summed E-state index contributed by atoms with van der Waals surface area (Å²) in [5.41, 5.74) is 11.3. The molecule has 37 heteroatoms. The van der Waals surface area contributed by atoms with Gasteiger partial charge >= 0.3 is 0 Å². The first-order valence-corrected chi connectivity index (χ1v) is 37.9. The number of methoxy groups -OCH3 is 6. The van der Waals surface area contributed by atoms with Crippen LogP contribution in [0.5, 0.6) is 34.5 Å². The van der Waals surface area contributed by atoms with Gasteiger partial charge in [0, 0.05) is 69.0 Å². The Morgan fingerprint density at radius 3 is 1.35 bits per heavy atom. The number of fused-ring (bicyclic) bond motifs is 3. The number of aliphatic hydroxyl groups excluding tert-OH is 2. The predicted octanol–water partition coefficient (Wildman–Crippen LogP) is 9.62. The maximum atomic E-state index is 13.0. The van der Waals surface area contributed by atoms with Crippen LogP contribution in [0.2, 0.25) is 15.7 Å². The van der Waals surface area contributed by atoms with E-state index in [4.69, 9.17) is 79.0 Å². The van der Waals surface area contributed by atoms with Crippen molar-refractivity contribution in [2.45, 2.75) is 76.3 Å². The van der Waals surface area contributed by atoms with Crippen molar-refractivity contribution in [1.82, 2.24) is 93.7 Å². The molecule has 2 atom stereocenters.